The van der Waals surface area contributed by atoms with Gasteiger partial charge in [0.1, 0.15) is 5.75 Å². The van der Waals surface area contributed by atoms with E-state index in [1.807, 2.05) is 16.7 Å². The van der Waals surface area contributed by atoms with E-state index in [-0.39, 0.29) is 12.4 Å². The maximum atomic E-state index is 12.5. The number of rotatable bonds is 6. The predicted molar refractivity (Wildman–Crippen MR) is 88.5 cm³/mol. The van der Waals surface area contributed by atoms with Gasteiger partial charge in [-0.2, -0.15) is 0 Å². The van der Waals surface area contributed by atoms with Gasteiger partial charge < -0.3 is 18.8 Å². The van der Waals surface area contributed by atoms with E-state index in [1.54, 1.807) is 20.1 Å². The molecule has 1 aliphatic rings. The molecule has 1 aliphatic carbocycles. The van der Waals surface area contributed by atoms with Crippen LogP contribution >= 0.6 is 0 Å². The van der Waals surface area contributed by atoms with Crippen LogP contribution in [0.4, 0.5) is 0 Å². The molecule has 128 valence electrons. The summed E-state index contributed by atoms with van der Waals surface area (Å²) < 4.78 is 17.8. The van der Waals surface area contributed by atoms with Gasteiger partial charge in [-0.25, -0.2) is 4.79 Å². The first-order chi connectivity index (χ1) is 11.5. The van der Waals surface area contributed by atoms with E-state index < -0.39 is 11.9 Å². The quantitative estimate of drug-likeness (QED) is 0.761. The lowest BCUT2D eigenvalue weighted by molar-refractivity contribution is -0.131. The molecule has 1 aromatic carbocycles. The van der Waals surface area contributed by atoms with Crippen molar-refractivity contribution in [2.45, 2.75) is 33.2 Å². The molecular formula is C18H21NO5. The number of carbonyl (C=O) groups is 2. The minimum absolute atomic E-state index is 0.246. The Bertz CT molecular complexity index is 788. The Morgan fingerprint density at radius 3 is 2.62 bits per heavy atom. The minimum atomic E-state index is -0.482. The monoisotopic (exact) mass is 331 g/mol. The fourth-order valence-electron chi connectivity index (χ4n) is 2.83. The zero-order chi connectivity index (χ0) is 17.3. The lowest BCUT2D eigenvalue weighted by Crippen LogP contribution is -2.15. The molecule has 0 N–H and O–H groups in total. The Kier molecular flexibility index (Phi) is 4.46. The fraction of sp³-hybridized carbons (Fsp3) is 0.444. The summed E-state index contributed by atoms with van der Waals surface area (Å²) in [7, 11) is 1.57. The second-order valence-corrected chi connectivity index (χ2v) is 5.93. The SMILES string of the molecule is CCOC(=O)c1c(OC(C)=O)c2cc(OC)ccc2n1CC1CC1. The van der Waals surface area contributed by atoms with Gasteiger partial charge in [0.05, 0.1) is 19.2 Å². The molecule has 0 saturated heterocycles. The molecule has 0 atom stereocenters. The van der Waals surface area contributed by atoms with E-state index >= 15 is 0 Å². The smallest absolute Gasteiger partial charge is 0.358 e. The first kappa shape index (κ1) is 16.4. The van der Waals surface area contributed by atoms with Gasteiger partial charge in [-0.15, -0.1) is 0 Å². The van der Waals surface area contributed by atoms with Crippen molar-refractivity contribution >= 4 is 22.8 Å². The first-order valence-electron chi connectivity index (χ1n) is 8.10. The summed E-state index contributed by atoms with van der Waals surface area (Å²) in [5.74, 6) is 0.463. The Morgan fingerprint density at radius 1 is 1.29 bits per heavy atom. The van der Waals surface area contributed by atoms with E-state index in [2.05, 4.69) is 0 Å². The molecule has 0 spiro atoms. The van der Waals surface area contributed by atoms with Crippen LogP contribution in [-0.4, -0.2) is 30.2 Å². The number of nitrogens with zero attached hydrogens (tertiary/aromatic N) is 1. The number of benzene rings is 1. The van der Waals surface area contributed by atoms with E-state index in [9.17, 15) is 9.59 Å². The number of fused-ring (bicyclic) bond motifs is 1. The van der Waals surface area contributed by atoms with Gasteiger partial charge in [-0.05, 0) is 43.9 Å². The first-order valence-corrected chi connectivity index (χ1v) is 8.10. The molecule has 0 amide bonds. The standard InChI is InChI=1S/C18H21NO5/c1-4-23-18(21)16-17(24-11(2)20)14-9-13(22-3)7-8-15(14)19(16)10-12-5-6-12/h7-9,12H,4-6,10H2,1-3H3. The molecule has 0 bridgehead atoms. The van der Waals surface area contributed by atoms with Gasteiger partial charge in [0.15, 0.2) is 11.4 Å². The van der Waals surface area contributed by atoms with Crippen molar-refractivity contribution in [2.24, 2.45) is 5.92 Å². The van der Waals surface area contributed by atoms with Crippen molar-refractivity contribution in [3.63, 3.8) is 0 Å². The summed E-state index contributed by atoms with van der Waals surface area (Å²) in [6.07, 6.45) is 2.28. The molecule has 2 aromatic rings. The predicted octanol–water partition coefficient (Wildman–Crippen LogP) is 3.16. The summed E-state index contributed by atoms with van der Waals surface area (Å²) in [5, 5.41) is 0.674. The zero-order valence-corrected chi connectivity index (χ0v) is 14.1. The number of methoxy groups -OCH3 is 1. The highest BCUT2D eigenvalue weighted by Gasteiger charge is 2.30. The summed E-state index contributed by atoms with van der Waals surface area (Å²) in [6.45, 7) is 4.03. The minimum Gasteiger partial charge on any atom is -0.497 e. The number of hydrogen-bond acceptors (Lipinski definition) is 5. The van der Waals surface area contributed by atoms with Crippen LogP contribution in [0.3, 0.4) is 0 Å². The maximum Gasteiger partial charge on any atom is 0.358 e. The van der Waals surface area contributed by atoms with Crippen LogP contribution in [0, 0.1) is 5.92 Å². The Morgan fingerprint density at radius 2 is 2.04 bits per heavy atom. The molecule has 3 rings (SSSR count). The largest absolute Gasteiger partial charge is 0.497 e. The summed E-state index contributed by atoms with van der Waals surface area (Å²) in [5.41, 5.74) is 1.13. The highest BCUT2D eigenvalue weighted by molar-refractivity contribution is 6.03. The molecule has 6 heteroatoms. The lowest BCUT2D eigenvalue weighted by Gasteiger charge is -2.10. The second kappa shape index (κ2) is 6.55. The van der Waals surface area contributed by atoms with Crippen LogP contribution in [0.1, 0.15) is 37.2 Å². The van der Waals surface area contributed by atoms with Crippen LogP contribution in [0.2, 0.25) is 0 Å². The molecule has 0 unspecified atom stereocenters. The average molecular weight is 331 g/mol. The molecule has 1 heterocycles. The Balaban J connectivity index is 2.23. The normalized spacial score (nSPS) is 13.8. The van der Waals surface area contributed by atoms with Crippen molar-refractivity contribution in [3.8, 4) is 11.5 Å². The van der Waals surface area contributed by atoms with Gasteiger partial charge in [0.2, 0.25) is 0 Å². The highest BCUT2D eigenvalue weighted by Crippen LogP contribution is 2.39. The Hall–Kier alpha value is -2.50. The highest BCUT2D eigenvalue weighted by atomic mass is 16.5. The molecule has 1 saturated carbocycles. The van der Waals surface area contributed by atoms with E-state index in [4.69, 9.17) is 14.2 Å². The third kappa shape index (κ3) is 3.09. The van der Waals surface area contributed by atoms with Crippen LogP contribution in [-0.2, 0) is 16.1 Å². The van der Waals surface area contributed by atoms with Crippen molar-refractivity contribution in [2.75, 3.05) is 13.7 Å². The van der Waals surface area contributed by atoms with E-state index in [0.717, 1.165) is 18.4 Å². The number of carbonyl (C=O) groups excluding carboxylic acids is 2. The van der Waals surface area contributed by atoms with E-state index in [0.29, 0.717) is 29.3 Å². The van der Waals surface area contributed by atoms with Crippen molar-refractivity contribution in [3.05, 3.63) is 23.9 Å². The number of hydrogen-bond donors (Lipinski definition) is 0. The van der Waals surface area contributed by atoms with Gasteiger partial charge in [0.25, 0.3) is 0 Å². The lowest BCUT2D eigenvalue weighted by atomic mass is 10.2. The summed E-state index contributed by atoms with van der Waals surface area (Å²) >= 11 is 0. The van der Waals surface area contributed by atoms with Crippen LogP contribution < -0.4 is 9.47 Å². The van der Waals surface area contributed by atoms with Crippen LogP contribution in [0.25, 0.3) is 10.9 Å². The molecule has 1 aromatic heterocycles. The van der Waals surface area contributed by atoms with Gasteiger partial charge in [-0.3, -0.25) is 4.79 Å². The molecule has 24 heavy (non-hydrogen) atoms. The number of esters is 2. The average Bonchev–Trinajstić information content (AvgIpc) is 3.31. The van der Waals surface area contributed by atoms with Gasteiger partial charge in [0, 0.05) is 18.9 Å². The molecule has 0 aliphatic heterocycles. The molecule has 0 radical (unpaired) electrons. The summed E-state index contributed by atoms with van der Waals surface area (Å²) in [6, 6.07) is 5.49. The van der Waals surface area contributed by atoms with Gasteiger partial charge in [-0.1, -0.05) is 0 Å². The maximum absolute atomic E-state index is 12.5. The van der Waals surface area contributed by atoms with Crippen LogP contribution in [0.5, 0.6) is 11.5 Å². The number of aromatic nitrogens is 1. The van der Waals surface area contributed by atoms with E-state index in [1.165, 1.54) is 6.92 Å². The third-order valence-corrected chi connectivity index (χ3v) is 4.08. The molecule has 1 fully saturated rings. The van der Waals surface area contributed by atoms with Crippen molar-refractivity contribution < 1.29 is 23.8 Å². The van der Waals surface area contributed by atoms with Crippen molar-refractivity contribution in [1.29, 1.82) is 0 Å². The molecular weight excluding hydrogens is 310 g/mol. The Labute approximate surface area is 140 Å². The molecule has 6 nitrogen and oxygen atoms in total. The zero-order valence-electron chi connectivity index (χ0n) is 14.1. The number of ether oxygens (including phenoxy) is 3. The fourth-order valence-corrected chi connectivity index (χ4v) is 2.83. The second-order valence-electron chi connectivity index (χ2n) is 5.93. The third-order valence-electron chi connectivity index (χ3n) is 4.08. The van der Waals surface area contributed by atoms with Crippen molar-refractivity contribution in [1.82, 2.24) is 4.57 Å². The topological polar surface area (TPSA) is 66.8 Å². The van der Waals surface area contributed by atoms with Gasteiger partial charge >= 0.3 is 11.9 Å². The summed E-state index contributed by atoms with van der Waals surface area (Å²) in [4.78, 5) is 24.1. The van der Waals surface area contributed by atoms with Crippen LogP contribution in [0.15, 0.2) is 18.2 Å².